The SMILES string of the molecule is CCCCC(=O)NN=C(CC(C)C)c1ccccc1. The Morgan fingerprint density at radius 2 is 1.95 bits per heavy atom. The molecule has 0 fully saturated rings. The van der Waals surface area contributed by atoms with Crippen molar-refractivity contribution in [2.75, 3.05) is 0 Å². The van der Waals surface area contributed by atoms with Gasteiger partial charge in [-0.1, -0.05) is 57.5 Å². The molecule has 1 rings (SSSR count). The fourth-order valence-electron chi connectivity index (χ4n) is 1.77. The van der Waals surface area contributed by atoms with Crippen LogP contribution in [0.3, 0.4) is 0 Å². The van der Waals surface area contributed by atoms with Gasteiger partial charge < -0.3 is 0 Å². The fourth-order valence-corrected chi connectivity index (χ4v) is 1.77. The molecular formula is C16H24N2O. The van der Waals surface area contributed by atoms with Gasteiger partial charge in [-0.2, -0.15) is 5.10 Å². The molecule has 0 saturated carbocycles. The van der Waals surface area contributed by atoms with Gasteiger partial charge in [-0.25, -0.2) is 5.43 Å². The summed E-state index contributed by atoms with van der Waals surface area (Å²) in [5, 5.41) is 4.30. The number of benzene rings is 1. The molecule has 1 aromatic rings. The number of hydrogen-bond acceptors (Lipinski definition) is 2. The minimum absolute atomic E-state index is 0.000891. The topological polar surface area (TPSA) is 41.5 Å². The average Bonchev–Trinajstić information content (AvgIpc) is 2.41. The molecular weight excluding hydrogens is 236 g/mol. The van der Waals surface area contributed by atoms with Gasteiger partial charge in [-0.3, -0.25) is 4.79 Å². The number of carbonyl (C=O) groups is 1. The Morgan fingerprint density at radius 1 is 1.26 bits per heavy atom. The molecule has 104 valence electrons. The van der Waals surface area contributed by atoms with Crippen LogP contribution in [-0.2, 0) is 4.79 Å². The number of hydrogen-bond donors (Lipinski definition) is 1. The maximum Gasteiger partial charge on any atom is 0.240 e. The molecule has 0 aliphatic carbocycles. The van der Waals surface area contributed by atoms with E-state index in [1.165, 1.54) is 0 Å². The number of nitrogens with zero attached hydrogens (tertiary/aromatic N) is 1. The summed E-state index contributed by atoms with van der Waals surface area (Å²) in [6.45, 7) is 6.37. The summed E-state index contributed by atoms with van der Waals surface area (Å²) in [7, 11) is 0. The van der Waals surface area contributed by atoms with Gasteiger partial charge in [0.1, 0.15) is 0 Å². The van der Waals surface area contributed by atoms with Crippen LogP contribution in [0.5, 0.6) is 0 Å². The highest BCUT2D eigenvalue weighted by molar-refractivity contribution is 6.01. The van der Waals surface area contributed by atoms with Crippen molar-refractivity contribution in [3.8, 4) is 0 Å². The van der Waals surface area contributed by atoms with E-state index in [0.717, 1.165) is 30.5 Å². The first kappa shape index (κ1) is 15.4. The van der Waals surface area contributed by atoms with Crippen molar-refractivity contribution >= 4 is 11.6 Å². The van der Waals surface area contributed by atoms with Crippen molar-refractivity contribution < 1.29 is 4.79 Å². The van der Waals surface area contributed by atoms with Crippen LogP contribution in [0.1, 0.15) is 52.0 Å². The number of unbranched alkanes of at least 4 members (excludes halogenated alkanes) is 1. The van der Waals surface area contributed by atoms with Gasteiger partial charge in [0.05, 0.1) is 5.71 Å². The minimum Gasteiger partial charge on any atom is -0.273 e. The maximum absolute atomic E-state index is 11.6. The third-order valence-electron chi connectivity index (χ3n) is 2.78. The van der Waals surface area contributed by atoms with Crippen LogP contribution in [0, 0.1) is 5.92 Å². The zero-order valence-corrected chi connectivity index (χ0v) is 12.1. The van der Waals surface area contributed by atoms with E-state index in [-0.39, 0.29) is 5.91 Å². The summed E-state index contributed by atoms with van der Waals surface area (Å²) < 4.78 is 0. The van der Waals surface area contributed by atoms with Crippen LogP contribution < -0.4 is 5.43 Å². The first-order valence-corrected chi connectivity index (χ1v) is 7.04. The summed E-state index contributed by atoms with van der Waals surface area (Å²) in [6, 6.07) is 10.0. The standard InChI is InChI=1S/C16H24N2O/c1-4-5-11-16(19)18-17-15(12-13(2)3)14-9-7-6-8-10-14/h6-10,13H,4-5,11-12H2,1-3H3,(H,18,19). The smallest absolute Gasteiger partial charge is 0.240 e. The largest absolute Gasteiger partial charge is 0.273 e. The van der Waals surface area contributed by atoms with Crippen LogP contribution in [0.15, 0.2) is 35.4 Å². The maximum atomic E-state index is 11.6. The molecule has 1 N–H and O–H groups in total. The summed E-state index contributed by atoms with van der Waals surface area (Å²) in [6.07, 6.45) is 3.34. The van der Waals surface area contributed by atoms with Crippen molar-refractivity contribution in [1.29, 1.82) is 0 Å². The van der Waals surface area contributed by atoms with E-state index in [0.29, 0.717) is 12.3 Å². The lowest BCUT2D eigenvalue weighted by atomic mass is 10.0. The Morgan fingerprint density at radius 3 is 2.53 bits per heavy atom. The molecule has 0 spiro atoms. The lowest BCUT2D eigenvalue weighted by Crippen LogP contribution is -2.20. The second kappa shape index (κ2) is 8.46. The zero-order chi connectivity index (χ0) is 14.1. The van der Waals surface area contributed by atoms with E-state index >= 15 is 0 Å². The Labute approximate surface area is 116 Å². The van der Waals surface area contributed by atoms with Gasteiger partial charge in [0.15, 0.2) is 0 Å². The molecule has 0 unspecified atom stereocenters. The second-order valence-corrected chi connectivity index (χ2v) is 5.16. The molecule has 0 radical (unpaired) electrons. The third-order valence-corrected chi connectivity index (χ3v) is 2.78. The van der Waals surface area contributed by atoms with Crippen LogP contribution >= 0.6 is 0 Å². The molecule has 1 amide bonds. The molecule has 0 saturated heterocycles. The molecule has 3 nitrogen and oxygen atoms in total. The lowest BCUT2D eigenvalue weighted by molar-refractivity contribution is -0.121. The number of rotatable bonds is 7. The second-order valence-electron chi connectivity index (χ2n) is 5.16. The van der Waals surface area contributed by atoms with Gasteiger partial charge in [-0.15, -0.1) is 0 Å². The third kappa shape index (κ3) is 6.18. The predicted octanol–water partition coefficient (Wildman–Crippen LogP) is 3.74. The average molecular weight is 260 g/mol. The molecule has 3 heteroatoms. The van der Waals surface area contributed by atoms with Crippen molar-refractivity contribution in [1.82, 2.24) is 5.43 Å². The predicted molar refractivity (Wildman–Crippen MR) is 80.1 cm³/mol. The number of amides is 1. The molecule has 19 heavy (non-hydrogen) atoms. The molecule has 0 aliphatic heterocycles. The van der Waals surface area contributed by atoms with Gasteiger partial charge in [0, 0.05) is 6.42 Å². The number of carbonyl (C=O) groups excluding carboxylic acids is 1. The summed E-state index contributed by atoms with van der Waals surface area (Å²) in [5.41, 5.74) is 4.69. The quantitative estimate of drug-likeness (QED) is 0.589. The summed E-state index contributed by atoms with van der Waals surface area (Å²) in [4.78, 5) is 11.6. The highest BCUT2D eigenvalue weighted by atomic mass is 16.2. The van der Waals surface area contributed by atoms with E-state index in [2.05, 4.69) is 31.3 Å². The van der Waals surface area contributed by atoms with Crippen molar-refractivity contribution in [2.24, 2.45) is 11.0 Å². The Kier molecular flexibility index (Phi) is 6.86. The fraction of sp³-hybridized carbons (Fsp3) is 0.500. The van der Waals surface area contributed by atoms with Gasteiger partial charge >= 0.3 is 0 Å². The van der Waals surface area contributed by atoms with Crippen molar-refractivity contribution in [2.45, 2.75) is 46.5 Å². The summed E-state index contributed by atoms with van der Waals surface area (Å²) in [5.74, 6) is 0.505. The van der Waals surface area contributed by atoms with Crippen LogP contribution in [0.25, 0.3) is 0 Å². The van der Waals surface area contributed by atoms with E-state index < -0.39 is 0 Å². The molecule has 1 aromatic carbocycles. The highest BCUT2D eigenvalue weighted by Gasteiger charge is 2.07. The van der Waals surface area contributed by atoms with E-state index in [9.17, 15) is 4.79 Å². The van der Waals surface area contributed by atoms with Gasteiger partial charge in [0.2, 0.25) is 5.91 Å². The first-order chi connectivity index (χ1) is 9.13. The zero-order valence-electron chi connectivity index (χ0n) is 12.1. The van der Waals surface area contributed by atoms with E-state index in [1.807, 2.05) is 30.3 Å². The Balaban J connectivity index is 2.71. The van der Waals surface area contributed by atoms with Crippen LogP contribution in [-0.4, -0.2) is 11.6 Å². The monoisotopic (exact) mass is 260 g/mol. The molecule has 0 bridgehead atoms. The highest BCUT2D eigenvalue weighted by Crippen LogP contribution is 2.10. The Hall–Kier alpha value is -1.64. The van der Waals surface area contributed by atoms with E-state index in [1.54, 1.807) is 0 Å². The van der Waals surface area contributed by atoms with Crippen molar-refractivity contribution in [3.63, 3.8) is 0 Å². The van der Waals surface area contributed by atoms with Crippen molar-refractivity contribution in [3.05, 3.63) is 35.9 Å². The minimum atomic E-state index is -0.000891. The number of nitrogens with one attached hydrogen (secondary N) is 1. The summed E-state index contributed by atoms with van der Waals surface area (Å²) >= 11 is 0. The lowest BCUT2D eigenvalue weighted by Gasteiger charge is -2.09. The number of hydrazone groups is 1. The Bertz CT molecular complexity index is 410. The van der Waals surface area contributed by atoms with Crippen LogP contribution in [0.4, 0.5) is 0 Å². The molecule has 0 aliphatic rings. The molecule has 0 aromatic heterocycles. The van der Waals surface area contributed by atoms with Gasteiger partial charge in [0.25, 0.3) is 0 Å². The normalized spacial score (nSPS) is 11.7. The molecule has 0 atom stereocenters. The first-order valence-electron chi connectivity index (χ1n) is 7.04. The van der Waals surface area contributed by atoms with E-state index in [4.69, 9.17) is 0 Å². The molecule has 0 heterocycles. The van der Waals surface area contributed by atoms with Crippen LogP contribution in [0.2, 0.25) is 0 Å². The van der Waals surface area contributed by atoms with Gasteiger partial charge in [-0.05, 0) is 24.3 Å².